The number of thiocyanates is 1. The minimum absolute atomic E-state index is 0.0222. The van der Waals surface area contributed by atoms with Gasteiger partial charge in [0.05, 0.1) is 17.5 Å². The van der Waals surface area contributed by atoms with Crippen molar-refractivity contribution in [2.24, 2.45) is 11.8 Å². The molecule has 2 rings (SSSR count). The van der Waals surface area contributed by atoms with E-state index in [0.29, 0.717) is 11.3 Å². The topological polar surface area (TPSA) is 90.2 Å². The van der Waals surface area contributed by atoms with Gasteiger partial charge in [-0.25, -0.2) is 4.39 Å². The Labute approximate surface area is 130 Å². The maximum atomic E-state index is 13.9. The first kappa shape index (κ1) is 16.0. The van der Waals surface area contributed by atoms with Gasteiger partial charge in [-0.1, -0.05) is 12.2 Å². The van der Waals surface area contributed by atoms with Crippen molar-refractivity contribution in [3.05, 3.63) is 36.2 Å². The number of nitriles is 1. The third kappa shape index (κ3) is 3.65. The molecule has 1 aliphatic rings. The number of carbonyl (C=O) groups is 2. The quantitative estimate of drug-likeness (QED) is 0.505. The van der Waals surface area contributed by atoms with Gasteiger partial charge >= 0.3 is 5.97 Å². The second kappa shape index (κ2) is 7.09. The normalized spacial score (nSPS) is 20.2. The van der Waals surface area contributed by atoms with Crippen LogP contribution in [-0.2, 0) is 9.59 Å². The highest BCUT2D eigenvalue weighted by Crippen LogP contribution is 2.28. The molecule has 0 aliphatic heterocycles. The molecule has 114 valence electrons. The molecule has 0 bridgehead atoms. The third-order valence-corrected chi connectivity index (χ3v) is 4.03. The molecule has 0 unspecified atom stereocenters. The van der Waals surface area contributed by atoms with Crippen LogP contribution in [-0.4, -0.2) is 17.0 Å². The lowest BCUT2D eigenvalue weighted by Gasteiger charge is -2.24. The highest BCUT2D eigenvalue weighted by Gasteiger charge is 2.34. The number of benzene rings is 1. The summed E-state index contributed by atoms with van der Waals surface area (Å²) in [4.78, 5) is 23.8. The summed E-state index contributed by atoms with van der Waals surface area (Å²) >= 11 is 0.815. The minimum Gasteiger partial charge on any atom is -0.481 e. The number of halogens is 1. The average Bonchev–Trinajstić information content (AvgIpc) is 2.50. The number of hydrogen-bond acceptors (Lipinski definition) is 4. The van der Waals surface area contributed by atoms with E-state index in [1.165, 1.54) is 12.1 Å². The molecule has 0 heterocycles. The molecule has 1 aromatic carbocycles. The summed E-state index contributed by atoms with van der Waals surface area (Å²) in [7, 11) is 0. The van der Waals surface area contributed by atoms with E-state index >= 15 is 0 Å². The largest absolute Gasteiger partial charge is 0.481 e. The molecule has 0 radical (unpaired) electrons. The van der Waals surface area contributed by atoms with Gasteiger partial charge in [0.25, 0.3) is 0 Å². The summed E-state index contributed by atoms with van der Waals surface area (Å²) in [6, 6.07) is 4.03. The van der Waals surface area contributed by atoms with Crippen LogP contribution in [0.25, 0.3) is 0 Å². The molecular weight excluding hydrogens is 307 g/mol. The Hall–Kier alpha value is -2.33. The fraction of sp³-hybridized carbons (Fsp3) is 0.267. The fourth-order valence-corrected chi connectivity index (χ4v) is 2.72. The molecule has 2 N–H and O–H groups in total. The zero-order valence-corrected chi connectivity index (χ0v) is 12.3. The lowest BCUT2D eigenvalue weighted by molar-refractivity contribution is -0.146. The second-order valence-electron chi connectivity index (χ2n) is 4.82. The zero-order valence-electron chi connectivity index (χ0n) is 11.5. The van der Waals surface area contributed by atoms with Crippen LogP contribution in [0.5, 0.6) is 0 Å². The monoisotopic (exact) mass is 320 g/mol. The Balaban J connectivity index is 2.13. The van der Waals surface area contributed by atoms with Crippen molar-refractivity contribution < 1.29 is 19.1 Å². The Morgan fingerprint density at radius 1 is 1.32 bits per heavy atom. The first-order chi connectivity index (χ1) is 10.5. The van der Waals surface area contributed by atoms with Crippen LogP contribution in [0.3, 0.4) is 0 Å². The molecule has 0 saturated carbocycles. The van der Waals surface area contributed by atoms with Crippen LogP contribution in [0, 0.1) is 28.3 Å². The number of hydrogen-bond donors (Lipinski definition) is 2. The summed E-state index contributed by atoms with van der Waals surface area (Å²) < 4.78 is 13.9. The number of carboxylic acids is 1. The van der Waals surface area contributed by atoms with Crippen LogP contribution in [0.1, 0.15) is 12.8 Å². The summed E-state index contributed by atoms with van der Waals surface area (Å²) in [5.41, 5.74) is -0.0222. The zero-order chi connectivity index (χ0) is 16.1. The molecule has 1 aliphatic carbocycles. The number of thioether (sulfide) groups is 1. The van der Waals surface area contributed by atoms with Crippen LogP contribution < -0.4 is 5.32 Å². The number of anilines is 1. The van der Waals surface area contributed by atoms with Gasteiger partial charge in [0, 0.05) is 4.90 Å². The fourth-order valence-electron chi connectivity index (χ4n) is 2.32. The second-order valence-corrected chi connectivity index (χ2v) is 5.68. The Morgan fingerprint density at radius 3 is 2.59 bits per heavy atom. The number of aliphatic carboxylic acids is 1. The predicted octanol–water partition coefficient (Wildman–Crippen LogP) is 3.00. The van der Waals surface area contributed by atoms with Crippen molar-refractivity contribution in [2.75, 3.05) is 5.32 Å². The van der Waals surface area contributed by atoms with E-state index in [1.54, 1.807) is 12.2 Å². The minimum atomic E-state index is -1.04. The lowest BCUT2D eigenvalue weighted by Crippen LogP contribution is -2.34. The first-order valence-corrected chi connectivity index (χ1v) is 7.38. The van der Waals surface area contributed by atoms with Crippen molar-refractivity contribution in [3.63, 3.8) is 0 Å². The number of carboxylic acid groups (broad SMARTS) is 1. The van der Waals surface area contributed by atoms with E-state index in [-0.39, 0.29) is 12.1 Å². The van der Waals surface area contributed by atoms with Crippen LogP contribution in [0.2, 0.25) is 0 Å². The van der Waals surface area contributed by atoms with Gasteiger partial charge in [-0.05, 0) is 42.8 Å². The molecular formula is C15H13FN2O3S. The van der Waals surface area contributed by atoms with Crippen LogP contribution >= 0.6 is 11.8 Å². The van der Waals surface area contributed by atoms with Gasteiger partial charge in [0.15, 0.2) is 0 Å². The molecule has 22 heavy (non-hydrogen) atoms. The molecule has 0 aromatic heterocycles. The Bertz CT molecular complexity index is 669. The van der Waals surface area contributed by atoms with Crippen molar-refractivity contribution in [2.45, 2.75) is 17.7 Å². The van der Waals surface area contributed by atoms with E-state index < -0.39 is 29.5 Å². The molecule has 1 amide bonds. The van der Waals surface area contributed by atoms with Crippen molar-refractivity contribution in [3.8, 4) is 5.40 Å². The van der Waals surface area contributed by atoms with Gasteiger partial charge in [-0.3, -0.25) is 9.59 Å². The number of amides is 1. The highest BCUT2D eigenvalue weighted by molar-refractivity contribution is 8.03. The summed E-state index contributed by atoms with van der Waals surface area (Å²) in [6.07, 6.45) is 4.09. The Morgan fingerprint density at radius 2 is 2.00 bits per heavy atom. The van der Waals surface area contributed by atoms with E-state index in [4.69, 9.17) is 10.4 Å². The van der Waals surface area contributed by atoms with Crippen LogP contribution in [0.4, 0.5) is 10.1 Å². The first-order valence-electron chi connectivity index (χ1n) is 6.57. The summed E-state index contributed by atoms with van der Waals surface area (Å²) in [5, 5.41) is 21.9. The van der Waals surface area contributed by atoms with Gasteiger partial charge < -0.3 is 10.4 Å². The van der Waals surface area contributed by atoms with E-state index in [1.807, 2.05) is 5.40 Å². The Kier molecular flexibility index (Phi) is 5.17. The van der Waals surface area contributed by atoms with Crippen LogP contribution in [0.15, 0.2) is 35.2 Å². The lowest BCUT2D eigenvalue weighted by atomic mass is 9.82. The van der Waals surface area contributed by atoms with Crippen molar-refractivity contribution >= 4 is 29.3 Å². The molecule has 0 saturated heterocycles. The maximum absolute atomic E-state index is 13.9. The number of nitrogens with zero attached hydrogens (tertiary/aromatic N) is 1. The summed E-state index contributed by atoms with van der Waals surface area (Å²) in [5.74, 6) is -3.74. The number of carbonyl (C=O) groups excluding carboxylic acids is 1. The third-order valence-electron chi connectivity index (χ3n) is 3.45. The average molecular weight is 320 g/mol. The van der Waals surface area contributed by atoms with E-state index in [2.05, 4.69) is 5.32 Å². The molecule has 0 spiro atoms. The molecule has 5 nitrogen and oxygen atoms in total. The maximum Gasteiger partial charge on any atom is 0.307 e. The standard InChI is InChI=1S/C15H13FN2O3S/c16-12-7-9(22-8-17)5-6-13(12)18-14(19)10-3-1-2-4-11(10)15(20)21/h1-2,5-7,10-11H,3-4H2,(H,18,19)(H,20,21)/t10-,11-/m0/s1. The summed E-state index contributed by atoms with van der Waals surface area (Å²) in [6.45, 7) is 0. The van der Waals surface area contributed by atoms with Gasteiger partial charge in [0.2, 0.25) is 5.91 Å². The van der Waals surface area contributed by atoms with Gasteiger partial charge in [0.1, 0.15) is 11.2 Å². The number of nitrogens with one attached hydrogen (secondary N) is 1. The molecule has 2 atom stereocenters. The number of allylic oxidation sites excluding steroid dienone is 2. The highest BCUT2D eigenvalue weighted by atomic mass is 32.2. The molecule has 0 fully saturated rings. The van der Waals surface area contributed by atoms with Crippen molar-refractivity contribution in [1.29, 1.82) is 5.26 Å². The van der Waals surface area contributed by atoms with E-state index in [0.717, 1.165) is 17.8 Å². The molecule has 1 aromatic rings. The predicted molar refractivity (Wildman–Crippen MR) is 79.5 cm³/mol. The van der Waals surface area contributed by atoms with Crippen molar-refractivity contribution in [1.82, 2.24) is 0 Å². The van der Waals surface area contributed by atoms with Gasteiger partial charge in [-0.15, -0.1) is 0 Å². The SMILES string of the molecule is N#CSc1ccc(NC(=O)[C@H]2CC=CC[C@@H]2C(=O)O)c(F)c1. The van der Waals surface area contributed by atoms with Gasteiger partial charge in [-0.2, -0.15) is 5.26 Å². The smallest absolute Gasteiger partial charge is 0.307 e. The number of rotatable bonds is 4. The molecule has 7 heteroatoms. The van der Waals surface area contributed by atoms with E-state index in [9.17, 15) is 14.0 Å².